The number of piperidine rings is 1. The summed E-state index contributed by atoms with van der Waals surface area (Å²) in [6.07, 6.45) is 2.20. The van der Waals surface area contributed by atoms with Crippen molar-refractivity contribution in [1.29, 1.82) is 0 Å². The van der Waals surface area contributed by atoms with Crippen LogP contribution in [0.3, 0.4) is 0 Å². The number of hydrogen-bond acceptors (Lipinski definition) is 9. The highest BCUT2D eigenvalue weighted by atomic mass is 32.1. The molecule has 38 heavy (non-hydrogen) atoms. The van der Waals surface area contributed by atoms with Crippen molar-refractivity contribution < 1.29 is 14.4 Å². The van der Waals surface area contributed by atoms with Crippen LogP contribution in [0.5, 0.6) is 0 Å². The second-order valence-electron chi connectivity index (χ2n) is 9.74. The molecule has 2 unspecified atom stereocenters. The van der Waals surface area contributed by atoms with E-state index in [1.165, 1.54) is 11.3 Å². The summed E-state index contributed by atoms with van der Waals surface area (Å²) in [5.74, 6) is -0.817. The molecule has 2 aliphatic rings. The van der Waals surface area contributed by atoms with Gasteiger partial charge in [-0.3, -0.25) is 19.9 Å². The number of fused-ring (bicyclic) bond motifs is 1. The van der Waals surface area contributed by atoms with E-state index in [2.05, 4.69) is 31.6 Å². The van der Waals surface area contributed by atoms with Crippen molar-refractivity contribution in [1.82, 2.24) is 35.8 Å². The number of rotatable bonds is 8. The van der Waals surface area contributed by atoms with Crippen molar-refractivity contribution in [2.24, 2.45) is 10.9 Å². The predicted octanol–water partition coefficient (Wildman–Crippen LogP) is 1.46. The molecule has 4 N–H and O–H groups in total. The number of hydrogen-bond donors (Lipinski definition) is 4. The van der Waals surface area contributed by atoms with Gasteiger partial charge in [0.1, 0.15) is 17.4 Å². The topological polar surface area (TPSA) is 146 Å². The van der Waals surface area contributed by atoms with Crippen LogP contribution in [0.15, 0.2) is 35.5 Å². The van der Waals surface area contributed by atoms with Crippen molar-refractivity contribution >= 4 is 50.0 Å². The number of amides is 3. The Bertz CT molecular complexity index is 1410. The van der Waals surface area contributed by atoms with Gasteiger partial charge in [0.05, 0.1) is 23.4 Å². The summed E-state index contributed by atoms with van der Waals surface area (Å²) in [7, 11) is 3.90. The second kappa shape index (κ2) is 10.6. The predicted molar refractivity (Wildman–Crippen MR) is 146 cm³/mol. The molecule has 0 bridgehead atoms. The smallest absolute Gasteiger partial charge is 0.319 e. The van der Waals surface area contributed by atoms with Crippen LogP contribution in [0, 0.1) is 5.92 Å². The fourth-order valence-electron chi connectivity index (χ4n) is 5.04. The van der Waals surface area contributed by atoms with Crippen LogP contribution in [0.4, 0.5) is 9.80 Å². The molecule has 13 heteroatoms. The van der Waals surface area contributed by atoms with Gasteiger partial charge >= 0.3 is 6.03 Å². The highest BCUT2D eigenvalue weighted by molar-refractivity contribution is 7.23. The van der Waals surface area contributed by atoms with E-state index >= 15 is 0 Å². The van der Waals surface area contributed by atoms with Gasteiger partial charge in [-0.1, -0.05) is 23.4 Å². The van der Waals surface area contributed by atoms with Gasteiger partial charge in [-0.25, -0.2) is 9.48 Å². The maximum Gasteiger partial charge on any atom is 0.319 e. The molecule has 1 fully saturated rings. The van der Waals surface area contributed by atoms with Crippen molar-refractivity contribution in [3.8, 4) is 0 Å². The minimum Gasteiger partial charge on any atom is -0.338 e. The number of nitrogens with zero attached hydrogens (tertiary/aromatic N) is 5. The number of aromatic nitrogens is 3. The van der Waals surface area contributed by atoms with Crippen molar-refractivity contribution in [3.63, 3.8) is 0 Å². The number of urea groups is 1. The zero-order chi connectivity index (χ0) is 26.9. The average molecular weight is 538 g/mol. The lowest BCUT2D eigenvalue weighted by Crippen LogP contribution is -2.57. The Morgan fingerprint density at radius 1 is 1.29 bits per heavy atom. The molecule has 4 heterocycles. The van der Waals surface area contributed by atoms with Crippen LogP contribution in [0.2, 0.25) is 0 Å². The number of carbonyl (C=O) groups excluding carboxylic acids is 3. The van der Waals surface area contributed by atoms with Gasteiger partial charge in [0, 0.05) is 29.7 Å². The third kappa shape index (κ3) is 4.91. The minimum absolute atomic E-state index is 0.226. The van der Waals surface area contributed by atoms with E-state index < -0.39 is 11.5 Å². The van der Waals surface area contributed by atoms with E-state index in [9.17, 15) is 14.4 Å². The Balaban J connectivity index is 1.47. The van der Waals surface area contributed by atoms with Gasteiger partial charge in [0.15, 0.2) is 11.3 Å². The largest absolute Gasteiger partial charge is 0.338 e. The first-order valence-electron chi connectivity index (χ1n) is 12.6. The Labute approximate surface area is 223 Å². The summed E-state index contributed by atoms with van der Waals surface area (Å²) in [6.45, 7) is 4.02. The number of aliphatic imine (C=N–C) groups is 1. The summed E-state index contributed by atoms with van der Waals surface area (Å²) >= 11 is 1.34. The fourth-order valence-corrected chi connectivity index (χ4v) is 6.15. The number of anilines is 1. The van der Waals surface area contributed by atoms with E-state index in [4.69, 9.17) is 4.99 Å². The molecule has 2 aromatic heterocycles. The molecule has 1 spiro atoms. The highest BCUT2D eigenvalue weighted by Gasteiger charge is 2.54. The molecule has 3 amide bonds. The molecule has 2 aliphatic heterocycles. The summed E-state index contributed by atoms with van der Waals surface area (Å²) in [5, 5.41) is 21.3. The number of amidine groups is 1. The molecular formula is C25H31N9O3S. The zero-order valence-corrected chi connectivity index (χ0v) is 22.4. The minimum atomic E-state index is -1.24. The van der Waals surface area contributed by atoms with Crippen molar-refractivity contribution in [3.05, 3.63) is 41.7 Å². The van der Waals surface area contributed by atoms with E-state index in [-0.39, 0.29) is 24.3 Å². The van der Waals surface area contributed by atoms with Gasteiger partial charge in [0.2, 0.25) is 0 Å². The van der Waals surface area contributed by atoms with Crippen LogP contribution in [0.25, 0.3) is 10.1 Å². The number of Topliss-reactive ketones (excluding diaryl/α,β-unsaturated/α-hetero) is 1. The first-order valence-corrected chi connectivity index (χ1v) is 13.4. The number of ketones is 1. The van der Waals surface area contributed by atoms with Crippen LogP contribution < -0.4 is 21.3 Å². The quantitative estimate of drug-likeness (QED) is 0.318. The average Bonchev–Trinajstić information content (AvgIpc) is 3.54. The maximum absolute atomic E-state index is 14.2. The maximum atomic E-state index is 14.2. The molecule has 0 radical (unpaired) electrons. The SMILES string of the molecule is CCNC(=O)Nc1sc2ccccc2c1C(=O)C1CNCCC12N=C(Cn1cc(CN(C)C)nn1)NC2=O. The Kier molecular flexibility index (Phi) is 7.23. The third-order valence-electron chi connectivity index (χ3n) is 6.69. The fraction of sp³-hybridized carbons (Fsp3) is 0.440. The second-order valence-corrected chi connectivity index (χ2v) is 10.8. The molecule has 200 valence electrons. The highest BCUT2D eigenvalue weighted by Crippen LogP contribution is 2.41. The third-order valence-corrected chi connectivity index (χ3v) is 7.78. The van der Waals surface area contributed by atoms with Crippen LogP contribution in [-0.4, -0.2) is 82.7 Å². The van der Waals surface area contributed by atoms with Crippen LogP contribution in [0.1, 0.15) is 29.4 Å². The lowest BCUT2D eigenvalue weighted by Gasteiger charge is -2.36. The molecule has 3 aromatic rings. The van der Waals surface area contributed by atoms with Crippen molar-refractivity contribution in [2.45, 2.75) is 32.0 Å². The first-order chi connectivity index (χ1) is 18.3. The number of carbonyl (C=O) groups is 3. The van der Waals surface area contributed by atoms with Gasteiger partial charge in [-0.05, 0) is 40.1 Å². The Morgan fingerprint density at radius 3 is 2.89 bits per heavy atom. The van der Waals surface area contributed by atoms with Gasteiger partial charge in [-0.15, -0.1) is 16.4 Å². The lowest BCUT2D eigenvalue weighted by molar-refractivity contribution is -0.125. The van der Waals surface area contributed by atoms with Gasteiger partial charge < -0.3 is 20.9 Å². The Morgan fingerprint density at radius 2 is 2.11 bits per heavy atom. The molecule has 12 nitrogen and oxygen atoms in total. The van der Waals surface area contributed by atoms with E-state index in [0.717, 1.165) is 15.8 Å². The standard InChI is InChI=1S/C25H31N9O3S/c1-4-27-24(37)29-22-20(16-7-5-6-8-18(16)38-22)21(35)17-11-26-10-9-25(17)23(36)28-19(30-25)14-34-13-15(31-32-34)12-33(2)3/h5-8,13,17,26H,4,9-12,14H2,1-3H3,(H2,27,29,37)(H,28,30,36). The van der Waals surface area contributed by atoms with Crippen LogP contribution >= 0.6 is 11.3 Å². The summed E-state index contributed by atoms with van der Waals surface area (Å²) in [4.78, 5) is 46.9. The molecule has 2 atom stereocenters. The molecule has 1 aromatic carbocycles. The normalized spacial score (nSPS) is 21.1. The molecule has 0 saturated carbocycles. The van der Waals surface area contributed by atoms with E-state index in [1.807, 2.05) is 56.4 Å². The van der Waals surface area contributed by atoms with Gasteiger partial charge in [-0.2, -0.15) is 0 Å². The molecule has 5 rings (SSSR count). The monoisotopic (exact) mass is 537 g/mol. The molecular weight excluding hydrogens is 506 g/mol. The summed E-state index contributed by atoms with van der Waals surface area (Å²) in [5.41, 5.74) is -0.0246. The molecule has 1 saturated heterocycles. The summed E-state index contributed by atoms with van der Waals surface area (Å²) < 4.78 is 2.51. The molecule has 0 aliphatic carbocycles. The summed E-state index contributed by atoms with van der Waals surface area (Å²) in [6, 6.07) is 7.14. The van der Waals surface area contributed by atoms with Gasteiger partial charge in [0.25, 0.3) is 5.91 Å². The number of nitrogens with one attached hydrogen (secondary N) is 4. The van der Waals surface area contributed by atoms with Crippen LogP contribution in [-0.2, 0) is 17.9 Å². The number of thiophene rings is 1. The first kappa shape index (κ1) is 25.9. The van der Waals surface area contributed by atoms with E-state index in [1.54, 1.807) is 4.68 Å². The lowest BCUT2D eigenvalue weighted by atomic mass is 9.74. The number of benzene rings is 1. The Hall–Kier alpha value is -3.68. The van der Waals surface area contributed by atoms with E-state index in [0.29, 0.717) is 49.0 Å². The van der Waals surface area contributed by atoms with Crippen molar-refractivity contribution in [2.75, 3.05) is 39.0 Å². The zero-order valence-electron chi connectivity index (χ0n) is 21.6.